The Morgan fingerprint density at radius 3 is 3.14 bits per heavy atom. The number of aromatic nitrogens is 1. The van der Waals surface area contributed by atoms with Crippen molar-refractivity contribution < 1.29 is 9.53 Å². The smallest absolute Gasteiger partial charge is 0.311 e. The Morgan fingerprint density at radius 1 is 1.59 bits per heavy atom. The zero-order chi connectivity index (χ0) is 15.9. The number of benzene rings is 1. The summed E-state index contributed by atoms with van der Waals surface area (Å²) in [6.45, 7) is 2.15. The lowest BCUT2D eigenvalue weighted by molar-refractivity contribution is -0.142. The highest BCUT2D eigenvalue weighted by Crippen LogP contribution is 2.19. The normalized spacial score (nSPS) is 10.9. The molecule has 0 atom stereocenters. The van der Waals surface area contributed by atoms with E-state index >= 15 is 0 Å². The summed E-state index contributed by atoms with van der Waals surface area (Å²) in [6.07, 6.45) is 1.83. The SMILES string of the molecule is CCOC(=O)Cc1csc(NN=Cc2ccc(I)c(Cl)c2)n1. The first-order chi connectivity index (χ1) is 10.6. The van der Waals surface area contributed by atoms with Crippen LogP contribution in [-0.2, 0) is 16.0 Å². The summed E-state index contributed by atoms with van der Waals surface area (Å²) in [5, 5.41) is 7.22. The van der Waals surface area contributed by atoms with Crippen LogP contribution < -0.4 is 5.43 Å². The molecule has 0 bridgehead atoms. The van der Waals surface area contributed by atoms with Crippen molar-refractivity contribution >= 4 is 62.8 Å². The van der Waals surface area contributed by atoms with E-state index in [-0.39, 0.29) is 12.4 Å². The number of hydrogen-bond donors (Lipinski definition) is 1. The predicted octanol–water partition coefficient (Wildman–Crippen LogP) is 3.95. The Kier molecular flexibility index (Phi) is 6.59. The van der Waals surface area contributed by atoms with Gasteiger partial charge in [-0.1, -0.05) is 17.7 Å². The molecule has 2 aromatic rings. The van der Waals surface area contributed by atoms with E-state index in [0.717, 1.165) is 9.13 Å². The highest BCUT2D eigenvalue weighted by atomic mass is 127. The van der Waals surface area contributed by atoms with Crippen molar-refractivity contribution in [2.75, 3.05) is 12.0 Å². The summed E-state index contributed by atoms with van der Waals surface area (Å²) >= 11 is 9.59. The fourth-order valence-corrected chi connectivity index (χ4v) is 2.74. The molecule has 0 radical (unpaired) electrons. The maximum Gasteiger partial charge on any atom is 0.311 e. The molecule has 2 rings (SSSR count). The van der Waals surface area contributed by atoms with E-state index in [0.29, 0.717) is 22.5 Å². The van der Waals surface area contributed by atoms with Gasteiger partial charge in [0.05, 0.1) is 30.0 Å². The van der Waals surface area contributed by atoms with Gasteiger partial charge >= 0.3 is 5.97 Å². The van der Waals surface area contributed by atoms with Crippen LogP contribution in [0.5, 0.6) is 0 Å². The molecular formula is C14H13ClIN3O2S. The Balaban J connectivity index is 1.91. The number of nitrogens with zero attached hydrogens (tertiary/aromatic N) is 2. The van der Waals surface area contributed by atoms with E-state index in [9.17, 15) is 4.79 Å². The quantitative estimate of drug-likeness (QED) is 0.314. The van der Waals surface area contributed by atoms with Gasteiger partial charge in [0.25, 0.3) is 0 Å². The summed E-state index contributed by atoms with van der Waals surface area (Å²) in [5.41, 5.74) is 4.39. The Hall–Kier alpha value is -1.19. The maximum absolute atomic E-state index is 11.4. The Bertz CT molecular complexity index is 690. The van der Waals surface area contributed by atoms with Crippen LogP contribution in [0.15, 0.2) is 28.7 Å². The van der Waals surface area contributed by atoms with Gasteiger partial charge in [0.1, 0.15) is 0 Å². The number of thiazole rings is 1. The molecule has 0 fully saturated rings. The Labute approximate surface area is 150 Å². The first kappa shape index (κ1) is 17.2. The van der Waals surface area contributed by atoms with Gasteiger partial charge in [-0.25, -0.2) is 4.98 Å². The van der Waals surface area contributed by atoms with Gasteiger partial charge in [0.2, 0.25) is 5.13 Å². The monoisotopic (exact) mass is 449 g/mol. The van der Waals surface area contributed by atoms with Gasteiger partial charge in [-0.3, -0.25) is 10.2 Å². The van der Waals surface area contributed by atoms with Crippen molar-refractivity contribution in [3.63, 3.8) is 0 Å². The fourth-order valence-electron chi connectivity index (χ4n) is 1.55. The minimum Gasteiger partial charge on any atom is -0.466 e. The number of halogens is 2. The molecule has 116 valence electrons. The van der Waals surface area contributed by atoms with E-state index in [4.69, 9.17) is 16.3 Å². The molecule has 1 heterocycles. The van der Waals surface area contributed by atoms with Crippen LogP contribution in [0.1, 0.15) is 18.2 Å². The van der Waals surface area contributed by atoms with Crippen molar-refractivity contribution in [2.45, 2.75) is 13.3 Å². The number of carbonyl (C=O) groups is 1. The van der Waals surface area contributed by atoms with E-state index in [1.54, 1.807) is 18.5 Å². The summed E-state index contributed by atoms with van der Waals surface area (Å²) in [5.74, 6) is -0.281. The van der Waals surface area contributed by atoms with E-state index in [1.807, 2.05) is 18.2 Å². The number of ether oxygens (including phenoxy) is 1. The van der Waals surface area contributed by atoms with Crippen LogP contribution in [0.2, 0.25) is 5.02 Å². The van der Waals surface area contributed by atoms with Crippen LogP contribution in [0, 0.1) is 3.57 Å². The largest absolute Gasteiger partial charge is 0.466 e. The second-order valence-corrected chi connectivity index (χ2v) is 6.60. The van der Waals surface area contributed by atoms with Gasteiger partial charge in [-0.15, -0.1) is 11.3 Å². The molecule has 1 aromatic heterocycles. The third-order valence-corrected chi connectivity index (χ3v) is 4.87. The lowest BCUT2D eigenvalue weighted by atomic mass is 10.2. The third kappa shape index (κ3) is 5.22. The van der Waals surface area contributed by atoms with E-state index < -0.39 is 0 Å². The first-order valence-corrected chi connectivity index (χ1v) is 8.76. The highest BCUT2D eigenvalue weighted by Gasteiger charge is 2.07. The number of rotatable bonds is 6. The molecule has 1 N–H and O–H groups in total. The number of esters is 1. The fraction of sp³-hybridized carbons (Fsp3) is 0.214. The van der Waals surface area contributed by atoms with Crippen LogP contribution in [0.3, 0.4) is 0 Å². The number of nitrogens with one attached hydrogen (secondary N) is 1. The summed E-state index contributed by atoms with van der Waals surface area (Å²) in [4.78, 5) is 15.6. The van der Waals surface area contributed by atoms with Crippen LogP contribution in [-0.4, -0.2) is 23.8 Å². The van der Waals surface area contributed by atoms with E-state index in [1.165, 1.54) is 11.3 Å². The average molecular weight is 450 g/mol. The molecule has 0 spiro atoms. The summed E-state index contributed by atoms with van der Waals surface area (Å²) in [6, 6.07) is 5.68. The van der Waals surface area contributed by atoms with Crippen LogP contribution >= 0.6 is 45.5 Å². The minimum atomic E-state index is -0.281. The molecule has 0 unspecified atom stereocenters. The molecular weight excluding hydrogens is 437 g/mol. The number of carbonyl (C=O) groups excluding carboxylic acids is 1. The molecule has 0 saturated heterocycles. The number of anilines is 1. The van der Waals surface area contributed by atoms with Gasteiger partial charge in [-0.05, 0) is 47.2 Å². The highest BCUT2D eigenvalue weighted by molar-refractivity contribution is 14.1. The number of hydrogen-bond acceptors (Lipinski definition) is 6. The van der Waals surface area contributed by atoms with Crippen molar-refractivity contribution in [3.8, 4) is 0 Å². The average Bonchev–Trinajstić information content (AvgIpc) is 2.90. The summed E-state index contributed by atoms with van der Waals surface area (Å²) < 4.78 is 5.87. The lowest BCUT2D eigenvalue weighted by Gasteiger charge is -1.98. The van der Waals surface area contributed by atoms with Crippen molar-refractivity contribution in [1.29, 1.82) is 0 Å². The molecule has 1 aromatic carbocycles. The Morgan fingerprint density at radius 2 is 2.41 bits per heavy atom. The molecule has 0 amide bonds. The standard InChI is InChI=1S/C14H13ClIN3O2S/c1-2-21-13(20)6-10-8-22-14(18-10)19-17-7-9-3-4-12(16)11(15)5-9/h3-5,7-8H,2,6H2,1H3,(H,18,19). The van der Waals surface area contributed by atoms with Crippen LogP contribution in [0.4, 0.5) is 5.13 Å². The molecule has 0 aliphatic heterocycles. The van der Waals surface area contributed by atoms with Crippen molar-refractivity contribution in [1.82, 2.24) is 4.98 Å². The van der Waals surface area contributed by atoms with Crippen molar-refractivity contribution in [3.05, 3.63) is 43.4 Å². The topological polar surface area (TPSA) is 63.6 Å². The molecule has 5 nitrogen and oxygen atoms in total. The first-order valence-electron chi connectivity index (χ1n) is 6.42. The molecule has 8 heteroatoms. The lowest BCUT2D eigenvalue weighted by Crippen LogP contribution is -2.07. The van der Waals surface area contributed by atoms with Crippen LogP contribution in [0.25, 0.3) is 0 Å². The zero-order valence-electron chi connectivity index (χ0n) is 11.7. The van der Waals surface area contributed by atoms with E-state index in [2.05, 4.69) is 38.1 Å². The third-order valence-electron chi connectivity index (χ3n) is 2.50. The minimum absolute atomic E-state index is 0.169. The molecule has 0 aliphatic rings. The second-order valence-electron chi connectivity index (χ2n) is 4.17. The van der Waals surface area contributed by atoms with Gasteiger partial charge in [0, 0.05) is 8.95 Å². The maximum atomic E-state index is 11.4. The van der Waals surface area contributed by atoms with Gasteiger partial charge in [-0.2, -0.15) is 5.10 Å². The zero-order valence-corrected chi connectivity index (χ0v) is 15.4. The molecule has 0 saturated carbocycles. The van der Waals surface area contributed by atoms with Crippen molar-refractivity contribution in [2.24, 2.45) is 5.10 Å². The predicted molar refractivity (Wildman–Crippen MR) is 97.8 cm³/mol. The second kappa shape index (κ2) is 8.44. The number of hydrazone groups is 1. The summed E-state index contributed by atoms with van der Waals surface area (Å²) in [7, 11) is 0. The molecule has 0 aliphatic carbocycles. The van der Waals surface area contributed by atoms with Gasteiger partial charge < -0.3 is 4.74 Å². The molecule has 22 heavy (non-hydrogen) atoms. The van der Waals surface area contributed by atoms with Gasteiger partial charge in [0.15, 0.2) is 0 Å².